The molecule has 4 aromatic rings. The van der Waals surface area contributed by atoms with E-state index in [-0.39, 0.29) is 11.9 Å². The Bertz CT molecular complexity index is 1350. The first-order chi connectivity index (χ1) is 18.6. The molecule has 0 aromatic heterocycles. The van der Waals surface area contributed by atoms with Gasteiger partial charge in [-0.1, -0.05) is 121 Å². The first-order valence-corrected chi connectivity index (χ1v) is 12.9. The highest BCUT2D eigenvalue weighted by molar-refractivity contribution is 5.93. The molecule has 4 aromatic carbocycles. The number of benzene rings is 4. The van der Waals surface area contributed by atoms with Gasteiger partial charge in [0.1, 0.15) is 5.41 Å². The van der Waals surface area contributed by atoms with Gasteiger partial charge in [0, 0.05) is 11.6 Å². The Morgan fingerprint density at radius 2 is 1.32 bits per heavy atom. The number of amides is 1. The predicted molar refractivity (Wildman–Crippen MR) is 153 cm³/mol. The van der Waals surface area contributed by atoms with Crippen LogP contribution in [-0.4, -0.2) is 11.9 Å². The molecule has 0 radical (unpaired) electrons. The minimum absolute atomic E-state index is 0.238. The molecule has 0 bridgehead atoms. The maximum Gasteiger partial charge on any atom is 0.265 e. The normalized spacial score (nSPS) is 13.0. The SMILES string of the molecule is C=C(Cc1ccccc1)C[C@@](C#N)(c1ccccc1)[C@H](CCc1ccccc1)NNC(=O)c1ccccc1. The summed E-state index contributed by atoms with van der Waals surface area (Å²) in [4.78, 5) is 13.0. The van der Waals surface area contributed by atoms with E-state index in [0.717, 1.165) is 23.1 Å². The van der Waals surface area contributed by atoms with Crippen LogP contribution in [0.3, 0.4) is 0 Å². The molecule has 0 unspecified atom stereocenters. The third-order valence-electron chi connectivity index (χ3n) is 6.87. The summed E-state index contributed by atoms with van der Waals surface area (Å²) >= 11 is 0. The lowest BCUT2D eigenvalue weighted by Crippen LogP contribution is -2.55. The summed E-state index contributed by atoms with van der Waals surface area (Å²) in [5.74, 6) is -0.238. The summed E-state index contributed by atoms with van der Waals surface area (Å²) in [6.07, 6.45) is 2.52. The van der Waals surface area contributed by atoms with Crippen molar-refractivity contribution in [3.63, 3.8) is 0 Å². The molecule has 4 rings (SSSR count). The predicted octanol–water partition coefficient (Wildman–Crippen LogP) is 6.57. The van der Waals surface area contributed by atoms with Crippen LogP contribution < -0.4 is 10.9 Å². The van der Waals surface area contributed by atoms with Gasteiger partial charge in [0.25, 0.3) is 5.91 Å². The van der Waals surface area contributed by atoms with Crippen molar-refractivity contribution in [3.8, 4) is 6.07 Å². The number of rotatable bonds is 12. The highest BCUT2D eigenvalue weighted by atomic mass is 16.2. The molecule has 0 aliphatic rings. The van der Waals surface area contributed by atoms with Gasteiger partial charge in [-0.25, -0.2) is 5.43 Å². The molecule has 38 heavy (non-hydrogen) atoms. The van der Waals surface area contributed by atoms with Gasteiger partial charge in [-0.2, -0.15) is 5.26 Å². The number of carbonyl (C=O) groups is 1. The standard InChI is InChI=1S/C34H33N3O/c1-27(24-29-16-8-3-9-17-29)25-34(26-35,31-20-12-5-13-21-31)32(23-22-28-14-6-2-7-15-28)36-37-33(38)30-18-10-4-11-19-30/h2-21,32,36H,1,22-25H2,(H,37,38)/t32-,34+/m0/s1. The zero-order valence-electron chi connectivity index (χ0n) is 21.5. The number of hydrazine groups is 1. The molecule has 4 nitrogen and oxygen atoms in total. The van der Waals surface area contributed by atoms with Crippen LogP contribution in [0.1, 0.15) is 39.9 Å². The minimum atomic E-state index is -0.953. The van der Waals surface area contributed by atoms with E-state index in [0.29, 0.717) is 24.8 Å². The van der Waals surface area contributed by atoms with Crippen molar-refractivity contribution in [1.29, 1.82) is 5.26 Å². The van der Waals surface area contributed by atoms with Gasteiger partial charge in [-0.05, 0) is 54.5 Å². The molecule has 0 spiro atoms. The fourth-order valence-corrected chi connectivity index (χ4v) is 4.90. The average Bonchev–Trinajstić information content (AvgIpc) is 2.98. The van der Waals surface area contributed by atoms with Gasteiger partial charge in [0.2, 0.25) is 0 Å². The smallest absolute Gasteiger partial charge is 0.265 e. The lowest BCUT2D eigenvalue weighted by atomic mass is 9.69. The van der Waals surface area contributed by atoms with E-state index < -0.39 is 5.41 Å². The van der Waals surface area contributed by atoms with Gasteiger partial charge >= 0.3 is 0 Å². The van der Waals surface area contributed by atoms with Gasteiger partial charge in [0.05, 0.1) is 6.07 Å². The maximum atomic E-state index is 13.0. The molecule has 0 saturated heterocycles. The number of hydrogen-bond acceptors (Lipinski definition) is 3. The van der Waals surface area contributed by atoms with Gasteiger partial charge < -0.3 is 0 Å². The third-order valence-corrected chi connectivity index (χ3v) is 6.87. The third kappa shape index (κ3) is 6.85. The number of nitrogens with zero attached hydrogens (tertiary/aromatic N) is 1. The lowest BCUT2D eigenvalue weighted by Gasteiger charge is -2.37. The maximum absolute atomic E-state index is 13.0. The van der Waals surface area contributed by atoms with E-state index in [1.807, 2.05) is 84.9 Å². The fraction of sp³-hybridized carbons (Fsp3) is 0.176. The highest BCUT2D eigenvalue weighted by Crippen LogP contribution is 2.36. The molecule has 4 heteroatoms. The molecule has 2 N–H and O–H groups in total. The second-order valence-corrected chi connectivity index (χ2v) is 9.58. The summed E-state index contributed by atoms with van der Waals surface area (Å²) in [6, 6.07) is 41.6. The number of hydrogen-bond donors (Lipinski definition) is 2. The summed E-state index contributed by atoms with van der Waals surface area (Å²) in [7, 11) is 0. The molecule has 0 fully saturated rings. The molecule has 190 valence electrons. The quantitative estimate of drug-likeness (QED) is 0.171. The molecule has 1 amide bonds. The van der Waals surface area contributed by atoms with Crippen molar-refractivity contribution in [3.05, 3.63) is 156 Å². The fourth-order valence-electron chi connectivity index (χ4n) is 4.90. The Kier molecular flexibility index (Phi) is 9.23. The van der Waals surface area contributed by atoms with Crippen LogP contribution in [0.25, 0.3) is 0 Å². The Labute approximate surface area is 225 Å². The van der Waals surface area contributed by atoms with E-state index in [1.165, 1.54) is 5.56 Å². The second kappa shape index (κ2) is 13.2. The minimum Gasteiger partial charge on any atom is -0.287 e. The Morgan fingerprint density at radius 3 is 1.89 bits per heavy atom. The summed E-state index contributed by atoms with van der Waals surface area (Å²) in [5, 5.41) is 10.9. The number of nitriles is 1. The zero-order chi connectivity index (χ0) is 26.6. The number of carbonyl (C=O) groups excluding carboxylic acids is 1. The van der Waals surface area contributed by atoms with Crippen LogP contribution in [0.4, 0.5) is 0 Å². The highest BCUT2D eigenvalue weighted by Gasteiger charge is 2.41. The Balaban J connectivity index is 1.66. The van der Waals surface area contributed by atoms with Crippen molar-refractivity contribution < 1.29 is 4.79 Å². The first-order valence-electron chi connectivity index (χ1n) is 12.9. The zero-order valence-corrected chi connectivity index (χ0v) is 21.5. The topological polar surface area (TPSA) is 64.9 Å². The van der Waals surface area contributed by atoms with Crippen LogP contribution >= 0.6 is 0 Å². The van der Waals surface area contributed by atoms with Crippen molar-refractivity contribution in [2.24, 2.45) is 0 Å². The van der Waals surface area contributed by atoms with Crippen LogP contribution in [-0.2, 0) is 18.3 Å². The van der Waals surface area contributed by atoms with Gasteiger partial charge in [-0.3, -0.25) is 10.2 Å². The monoisotopic (exact) mass is 499 g/mol. The summed E-state index contributed by atoms with van der Waals surface area (Å²) in [5.41, 5.74) is 9.98. The average molecular weight is 500 g/mol. The van der Waals surface area contributed by atoms with Crippen molar-refractivity contribution in [2.45, 2.75) is 37.1 Å². The van der Waals surface area contributed by atoms with Gasteiger partial charge in [-0.15, -0.1) is 0 Å². The number of aryl methyl sites for hydroxylation is 1. The van der Waals surface area contributed by atoms with Gasteiger partial charge in [0.15, 0.2) is 0 Å². The molecular weight excluding hydrogens is 466 g/mol. The summed E-state index contributed by atoms with van der Waals surface area (Å²) < 4.78 is 0. The van der Waals surface area contributed by atoms with Crippen molar-refractivity contribution in [2.75, 3.05) is 0 Å². The molecule has 0 aliphatic carbocycles. The summed E-state index contributed by atoms with van der Waals surface area (Å²) in [6.45, 7) is 4.39. The van der Waals surface area contributed by atoms with Crippen molar-refractivity contribution in [1.82, 2.24) is 10.9 Å². The first kappa shape index (κ1) is 26.6. The van der Waals surface area contributed by atoms with Crippen LogP contribution in [0.2, 0.25) is 0 Å². The second-order valence-electron chi connectivity index (χ2n) is 9.58. The van der Waals surface area contributed by atoms with E-state index in [9.17, 15) is 10.1 Å². The number of allylic oxidation sites excluding steroid dienone is 1. The molecule has 0 heterocycles. The van der Waals surface area contributed by atoms with Crippen LogP contribution in [0, 0.1) is 11.3 Å². The molecule has 2 atom stereocenters. The Morgan fingerprint density at radius 1 is 0.789 bits per heavy atom. The molecular formula is C34H33N3O. The van der Waals surface area contributed by atoms with Crippen LogP contribution in [0.15, 0.2) is 133 Å². The van der Waals surface area contributed by atoms with Crippen LogP contribution in [0.5, 0.6) is 0 Å². The Hall–Kier alpha value is -4.46. The lowest BCUT2D eigenvalue weighted by molar-refractivity contribution is 0.0915. The van der Waals surface area contributed by atoms with E-state index >= 15 is 0 Å². The molecule has 0 saturated carbocycles. The molecule has 0 aliphatic heterocycles. The van der Waals surface area contributed by atoms with E-state index in [4.69, 9.17) is 0 Å². The van der Waals surface area contributed by atoms with E-state index in [1.54, 1.807) is 12.1 Å². The largest absolute Gasteiger partial charge is 0.287 e. The van der Waals surface area contributed by atoms with Crippen molar-refractivity contribution >= 4 is 5.91 Å². The van der Waals surface area contributed by atoms with E-state index in [2.05, 4.69) is 47.8 Å². The number of nitrogens with one attached hydrogen (secondary N) is 2.